The summed E-state index contributed by atoms with van der Waals surface area (Å²) in [5.41, 5.74) is 1.17. The summed E-state index contributed by atoms with van der Waals surface area (Å²) < 4.78 is 0. The molecular weight excluding hydrogens is 210 g/mol. The van der Waals surface area contributed by atoms with Crippen molar-refractivity contribution in [3.8, 4) is 0 Å². The van der Waals surface area contributed by atoms with Crippen molar-refractivity contribution in [1.82, 2.24) is 5.32 Å². The molecule has 0 saturated carbocycles. The van der Waals surface area contributed by atoms with Crippen molar-refractivity contribution in [2.45, 2.75) is 51.6 Å². The maximum absolute atomic E-state index is 9.49. The second-order valence-corrected chi connectivity index (χ2v) is 4.56. The molecule has 0 amide bonds. The van der Waals surface area contributed by atoms with Gasteiger partial charge in [0.2, 0.25) is 0 Å². The highest BCUT2D eigenvalue weighted by Crippen LogP contribution is 2.15. The van der Waals surface area contributed by atoms with E-state index in [2.05, 4.69) is 31.3 Å². The lowest BCUT2D eigenvalue weighted by Crippen LogP contribution is -2.34. The third-order valence-electron chi connectivity index (χ3n) is 3.22. The standard InChI is InChI=1S/C15H25NO/c1-3-5-11-14(4-2)16-15(12-17)13-9-7-6-8-10-13/h6-10,14-17H,3-5,11-12H2,1-2H3/t14?,15-/m1/s1. The van der Waals surface area contributed by atoms with Gasteiger partial charge in [-0.2, -0.15) is 0 Å². The Hall–Kier alpha value is -0.860. The minimum atomic E-state index is 0.0676. The Kier molecular flexibility index (Phi) is 6.90. The van der Waals surface area contributed by atoms with Crippen LogP contribution in [-0.2, 0) is 0 Å². The van der Waals surface area contributed by atoms with Crippen LogP contribution in [0.4, 0.5) is 0 Å². The number of hydrogen-bond acceptors (Lipinski definition) is 2. The Morgan fingerprint density at radius 3 is 2.41 bits per heavy atom. The van der Waals surface area contributed by atoms with Crippen molar-refractivity contribution in [1.29, 1.82) is 0 Å². The molecule has 0 aliphatic rings. The summed E-state index contributed by atoms with van der Waals surface area (Å²) in [7, 11) is 0. The fraction of sp³-hybridized carbons (Fsp3) is 0.600. The number of unbranched alkanes of at least 4 members (excludes halogenated alkanes) is 1. The normalized spacial score (nSPS) is 14.5. The van der Waals surface area contributed by atoms with Crippen LogP contribution in [0.5, 0.6) is 0 Å². The van der Waals surface area contributed by atoms with Crippen molar-refractivity contribution >= 4 is 0 Å². The van der Waals surface area contributed by atoms with Crippen molar-refractivity contribution in [3.05, 3.63) is 35.9 Å². The average molecular weight is 235 g/mol. The lowest BCUT2D eigenvalue weighted by atomic mass is 10.0. The van der Waals surface area contributed by atoms with Crippen molar-refractivity contribution in [2.75, 3.05) is 6.61 Å². The molecule has 0 aliphatic carbocycles. The van der Waals surface area contributed by atoms with Crippen molar-refractivity contribution in [3.63, 3.8) is 0 Å². The Morgan fingerprint density at radius 1 is 1.18 bits per heavy atom. The number of nitrogens with one attached hydrogen (secondary N) is 1. The first kappa shape index (κ1) is 14.2. The second kappa shape index (κ2) is 8.26. The molecule has 2 atom stereocenters. The molecule has 0 bridgehead atoms. The van der Waals surface area contributed by atoms with Crippen LogP contribution in [0, 0.1) is 0 Å². The van der Waals surface area contributed by atoms with Crippen LogP contribution in [0.3, 0.4) is 0 Å². The van der Waals surface area contributed by atoms with Gasteiger partial charge in [-0.3, -0.25) is 0 Å². The summed E-state index contributed by atoms with van der Waals surface area (Å²) in [4.78, 5) is 0. The third-order valence-corrected chi connectivity index (χ3v) is 3.22. The Balaban J connectivity index is 2.56. The molecule has 0 aliphatic heterocycles. The van der Waals surface area contributed by atoms with Gasteiger partial charge in [-0.1, -0.05) is 57.0 Å². The summed E-state index contributed by atoms with van der Waals surface area (Å²) in [5.74, 6) is 0. The molecule has 0 saturated heterocycles. The molecule has 1 unspecified atom stereocenters. The quantitative estimate of drug-likeness (QED) is 0.724. The van der Waals surface area contributed by atoms with E-state index in [1.54, 1.807) is 0 Å². The highest BCUT2D eigenvalue weighted by molar-refractivity contribution is 5.19. The van der Waals surface area contributed by atoms with E-state index in [0.717, 1.165) is 6.42 Å². The van der Waals surface area contributed by atoms with E-state index in [1.165, 1.54) is 24.8 Å². The van der Waals surface area contributed by atoms with E-state index < -0.39 is 0 Å². The van der Waals surface area contributed by atoms with E-state index in [9.17, 15) is 5.11 Å². The van der Waals surface area contributed by atoms with Crippen molar-refractivity contribution < 1.29 is 5.11 Å². The summed E-state index contributed by atoms with van der Waals surface area (Å²) in [5, 5.41) is 13.0. The number of benzene rings is 1. The van der Waals surface area contributed by atoms with Crippen LogP contribution in [-0.4, -0.2) is 17.8 Å². The molecule has 2 N–H and O–H groups in total. The van der Waals surface area contributed by atoms with Gasteiger partial charge in [0.25, 0.3) is 0 Å². The summed E-state index contributed by atoms with van der Waals surface area (Å²) in [6.07, 6.45) is 4.78. The van der Waals surface area contributed by atoms with Gasteiger partial charge < -0.3 is 10.4 Å². The number of aliphatic hydroxyl groups is 1. The third kappa shape index (κ3) is 4.88. The van der Waals surface area contributed by atoms with E-state index in [4.69, 9.17) is 0 Å². The SMILES string of the molecule is CCCCC(CC)N[C@H](CO)c1ccccc1. The van der Waals surface area contributed by atoms with Gasteiger partial charge in [0.15, 0.2) is 0 Å². The molecule has 0 spiro atoms. The first-order chi connectivity index (χ1) is 8.31. The highest BCUT2D eigenvalue weighted by atomic mass is 16.3. The van der Waals surface area contributed by atoms with E-state index in [-0.39, 0.29) is 12.6 Å². The van der Waals surface area contributed by atoms with Gasteiger partial charge in [-0.05, 0) is 18.4 Å². The molecule has 0 heterocycles. The predicted octanol–water partition coefficient (Wildman–Crippen LogP) is 3.28. The van der Waals surface area contributed by atoms with E-state index in [1.807, 2.05) is 18.2 Å². The Morgan fingerprint density at radius 2 is 1.88 bits per heavy atom. The van der Waals surface area contributed by atoms with E-state index >= 15 is 0 Å². The molecule has 1 aromatic rings. The molecule has 2 nitrogen and oxygen atoms in total. The monoisotopic (exact) mass is 235 g/mol. The number of aliphatic hydroxyl groups excluding tert-OH is 1. The predicted molar refractivity (Wildman–Crippen MR) is 73.0 cm³/mol. The maximum atomic E-state index is 9.49. The molecule has 1 aromatic carbocycles. The average Bonchev–Trinajstić information content (AvgIpc) is 2.40. The van der Waals surface area contributed by atoms with Crippen LogP contribution >= 0.6 is 0 Å². The summed E-state index contributed by atoms with van der Waals surface area (Å²) >= 11 is 0. The molecule has 17 heavy (non-hydrogen) atoms. The van der Waals surface area contributed by atoms with Gasteiger partial charge in [0.1, 0.15) is 0 Å². The minimum Gasteiger partial charge on any atom is -0.394 e. The molecule has 2 heteroatoms. The van der Waals surface area contributed by atoms with Gasteiger partial charge in [0, 0.05) is 6.04 Å². The van der Waals surface area contributed by atoms with E-state index in [0.29, 0.717) is 6.04 Å². The summed E-state index contributed by atoms with van der Waals surface area (Å²) in [6.45, 7) is 4.58. The zero-order chi connectivity index (χ0) is 12.5. The molecule has 96 valence electrons. The van der Waals surface area contributed by atoms with Crippen LogP contribution in [0.1, 0.15) is 51.1 Å². The van der Waals surface area contributed by atoms with Gasteiger partial charge in [-0.15, -0.1) is 0 Å². The van der Waals surface area contributed by atoms with Crippen LogP contribution in [0.15, 0.2) is 30.3 Å². The van der Waals surface area contributed by atoms with Crippen LogP contribution < -0.4 is 5.32 Å². The lowest BCUT2D eigenvalue weighted by Gasteiger charge is -2.24. The fourth-order valence-corrected chi connectivity index (χ4v) is 2.08. The first-order valence-corrected chi connectivity index (χ1v) is 6.73. The first-order valence-electron chi connectivity index (χ1n) is 6.73. The molecular formula is C15H25NO. The van der Waals surface area contributed by atoms with Gasteiger partial charge in [0.05, 0.1) is 12.6 Å². The Labute approximate surface area is 105 Å². The molecule has 1 rings (SSSR count). The summed E-state index contributed by atoms with van der Waals surface area (Å²) in [6, 6.07) is 10.8. The lowest BCUT2D eigenvalue weighted by molar-refractivity contribution is 0.228. The number of rotatable bonds is 8. The fourth-order valence-electron chi connectivity index (χ4n) is 2.08. The Bertz CT molecular complexity index is 286. The zero-order valence-corrected chi connectivity index (χ0v) is 11.0. The molecule has 0 aromatic heterocycles. The van der Waals surface area contributed by atoms with Crippen LogP contribution in [0.25, 0.3) is 0 Å². The largest absolute Gasteiger partial charge is 0.394 e. The van der Waals surface area contributed by atoms with Crippen molar-refractivity contribution in [2.24, 2.45) is 0 Å². The topological polar surface area (TPSA) is 32.3 Å². The van der Waals surface area contributed by atoms with Gasteiger partial charge in [-0.25, -0.2) is 0 Å². The van der Waals surface area contributed by atoms with Gasteiger partial charge >= 0.3 is 0 Å². The molecule has 0 radical (unpaired) electrons. The van der Waals surface area contributed by atoms with Crippen LogP contribution in [0.2, 0.25) is 0 Å². The molecule has 0 fully saturated rings. The second-order valence-electron chi connectivity index (χ2n) is 4.56. The smallest absolute Gasteiger partial charge is 0.0626 e. The highest BCUT2D eigenvalue weighted by Gasteiger charge is 2.14. The minimum absolute atomic E-state index is 0.0676. The number of hydrogen-bond donors (Lipinski definition) is 2. The zero-order valence-electron chi connectivity index (χ0n) is 11.0. The maximum Gasteiger partial charge on any atom is 0.0626 e.